The van der Waals surface area contributed by atoms with Crippen molar-refractivity contribution in [1.82, 2.24) is 0 Å². The average molecular weight is 248 g/mol. The fourth-order valence-electron chi connectivity index (χ4n) is 2.37. The van der Waals surface area contributed by atoms with Gasteiger partial charge in [0.25, 0.3) is 0 Å². The first kappa shape index (κ1) is 14.7. The third kappa shape index (κ3) is 2.58. The summed E-state index contributed by atoms with van der Waals surface area (Å²) in [6.45, 7) is 10.4. The van der Waals surface area contributed by atoms with E-state index in [1.807, 2.05) is 26.0 Å². The lowest BCUT2D eigenvalue weighted by Crippen LogP contribution is -2.34. The molecule has 0 atom stereocenters. The van der Waals surface area contributed by atoms with Crippen LogP contribution in [0.25, 0.3) is 0 Å². The molecule has 1 rings (SSSR count). The Hall–Kier alpha value is -1.31. The number of carboxylic acids is 1. The van der Waals surface area contributed by atoms with Gasteiger partial charge in [-0.3, -0.25) is 4.79 Å². The summed E-state index contributed by atoms with van der Waals surface area (Å²) < 4.78 is 0. The summed E-state index contributed by atoms with van der Waals surface area (Å²) in [5.41, 5.74) is 1.50. The van der Waals surface area contributed by atoms with Crippen molar-refractivity contribution in [3.63, 3.8) is 0 Å². The van der Waals surface area contributed by atoms with Crippen LogP contribution in [0, 0.1) is 0 Å². The first-order valence-electron chi connectivity index (χ1n) is 6.62. The number of aliphatic carboxylic acids is 1. The Bertz CT molecular complexity index is 406. The van der Waals surface area contributed by atoms with Crippen molar-refractivity contribution in [2.45, 2.75) is 58.3 Å². The molecule has 100 valence electrons. The van der Waals surface area contributed by atoms with Gasteiger partial charge in [-0.1, -0.05) is 58.9 Å². The minimum atomic E-state index is -0.740. The molecular formula is C16H24O2. The van der Waals surface area contributed by atoms with Crippen molar-refractivity contribution >= 4 is 5.97 Å². The molecule has 0 aliphatic heterocycles. The highest BCUT2D eigenvalue weighted by Crippen LogP contribution is 2.33. The predicted molar refractivity (Wildman–Crippen MR) is 75.0 cm³/mol. The SMILES string of the molecule is CCC(CC)(C(=O)O)c1ccc(C(C)(C)C)cc1. The molecule has 18 heavy (non-hydrogen) atoms. The second kappa shape index (κ2) is 5.13. The van der Waals surface area contributed by atoms with Gasteiger partial charge in [0.2, 0.25) is 0 Å². The first-order chi connectivity index (χ1) is 8.28. The van der Waals surface area contributed by atoms with Crippen molar-refractivity contribution in [2.24, 2.45) is 0 Å². The molecule has 0 saturated heterocycles. The van der Waals surface area contributed by atoms with Gasteiger partial charge in [0.05, 0.1) is 5.41 Å². The van der Waals surface area contributed by atoms with Crippen LogP contribution in [0.3, 0.4) is 0 Å². The second-order valence-electron chi connectivity index (χ2n) is 5.92. The van der Waals surface area contributed by atoms with E-state index in [1.54, 1.807) is 0 Å². The van der Waals surface area contributed by atoms with Crippen molar-refractivity contribution in [3.8, 4) is 0 Å². The lowest BCUT2D eigenvalue weighted by molar-refractivity contribution is -0.144. The molecule has 0 aromatic heterocycles. The summed E-state index contributed by atoms with van der Waals surface area (Å²) in [6.07, 6.45) is 1.24. The molecule has 1 N–H and O–H groups in total. The van der Waals surface area contributed by atoms with Crippen molar-refractivity contribution in [2.75, 3.05) is 0 Å². The van der Waals surface area contributed by atoms with Gasteiger partial charge in [0.15, 0.2) is 0 Å². The zero-order chi connectivity index (χ0) is 14.0. The standard InChI is InChI=1S/C16H24O2/c1-6-16(7-2,14(17)18)13-10-8-12(9-11-13)15(3,4)5/h8-11H,6-7H2,1-5H3,(H,17,18). The van der Waals surface area contributed by atoms with Gasteiger partial charge < -0.3 is 5.11 Å². The number of hydrogen-bond acceptors (Lipinski definition) is 1. The summed E-state index contributed by atoms with van der Waals surface area (Å²) in [7, 11) is 0. The second-order valence-corrected chi connectivity index (χ2v) is 5.92. The van der Waals surface area contributed by atoms with Gasteiger partial charge >= 0.3 is 5.97 Å². The van der Waals surface area contributed by atoms with E-state index in [2.05, 4.69) is 32.9 Å². The van der Waals surface area contributed by atoms with E-state index in [0.29, 0.717) is 12.8 Å². The number of carboxylic acid groups (broad SMARTS) is 1. The topological polar surface area (TPSA) is 37.3 Å². The van der Waals surface area contributed by atoms with Crippen LogP contribution < -0.4 is 0 Å². The van der Waals surface area contributed by atoms with Crippen LogP contribution in [0.1, 0.15) is 58.6 Å². The molecule has 2 heteroatoms. The summed E-state index contributed by atoms with van der Waals surface area (Å²) >= 11 is 0. The Kier molecular flexibility index (Phi) is 4.20. The Morgan fingerprint density at radius 2 is 1.39 bits per heavy atom. The quantitative estimate of drug-likeness (QED) is 0.870. The van der Waals surface area contributed by atoms with Crippen molar-refractivity contribution in [1.29, 1.82) is 0 Å². The number of benzene rings is 1. The summed E-state index contributed by atoms with van der Waals surface area (Å²) in [4.78, 5) is 11.6. The van der Waals surface area contributed by atoms with Crippen LogP contribution in [-0.4, -0.2) is 11.1 Å². The molecule has 0 aliphatic carbocycles. The van der Waals surface area contributed by atoms with E-state index in [-0.39, 0.29) is 5.41 Å². The van der Waals surface area contributed by atoms with Crippen LogP contribution in [0.4, 0.5) is 0 Å². The van der Waals surface area contributed by atoms with Gasteiger partial charge in [-0.2, -0.15) is 0 Å². The summed E-state index contributed by atoms with van der Waals surface area (Å²) in [6, 6.07) is 8.06. The smallest absolute Gasteiger partial charge is 0.314 e. The zero-order valence-corrected chi connectivity index (χ0v) is 12.1. The van der Waals surface area contributed by atoms with E-state index in [1.165, 1.54) is 5.56 Å². The number of carbonyl (C=O) groups is 1. The molecule has 0 radical (unpaired) electrons. The molecule has 0 spiro atoms. The summed E-state index contributed by atoms with van der Waals surface area (Å²) in [5, 5.41) is 9.51. The highest BCUT2D eigenvalue weighted by molar-refractivity contribution is 5.81. The number of hydrogen-bond donors (Lipinski definition) is 1. The van der Waals surface area contributed by atoms with Crippen molar-refractivity contribution in [3.05, 3.63) is 35.4 Å². The molecule has 1 aromatic carbocycles. The van der Waals surface area contributed by atoms with Crippen LogP contribution in [0.5, 0.6) is 0 Å². The van der Waals surface area contributed by atoms with E-state index >= 15 is 0 Å². The van der Waals surface area contributed by atoms with Crippen LogP contribution in [0.2, 0.25) is 0 Å². The third-order valence-electron chi connectivity index (χ3n) is 3.92. The van der Waals surface area contributed by atoms with E-state index in [4.69, 9.17) is 0 Å². The third-order valence-corrected chi connectivity index (χ3v) is 3.92. The van der Waals surface area contributed by atoms with Crippen LogP contribution >= 0.6 is 0 Å². The molecule has 0 saturated carbocycles. The van der Waals surface area contributed by atoms with E-state index in [9.17, 15) is 9.90 Å². The fourth-order valence-corrected chi connectivity index (χ4v) is 2.37. The molecular weight excluding hydrogens is 224 g/mol. The van der Waals surface area contributed by atoms with Gasteiger partial charge in [-0.15, -0.1) is 0 Å². The van der Waals surface area contributed by atoms with E-state index in [0.717, 1.165) is 5.56 Å². The highest BCUT2D eigenvalue weighted by Gasteiger charge is 2.36. The summed E-state index contributed by atoms with van der Waals surface area (Å²) in [5.74, 6) is -0.726. The average Bonchev–Trinajstić information content (AvgIpc) is 2.30. The van der Waals surface area contributed by atoms with Gasteiger partial charge in [-0.05, 0) is 29.4 Å². The maximum absolute atomic E-state index is 11.6. The highest BCUT2D eigenvalue weighted by atomic mass is 16.4. The van der Waals surface area contributed by atoms with Crippen LogP contribution in [0.15, 0.2) is 24.3 Å². The van der Waals surface area contributed by atoms with E-state index < -0.39 is 11.4 Å². The predicted octanol–water partition coefficient (Wildman–Crippen LogP) is 4.13. The number of rotatable bonds is 4. The molecule has 0 aliphatic rings. The van der Waals surface area contributed by atoms with Crippen molar-refractivity contribution < 1.29 is 9.90 Å². The minimum Gasteiger partial charge on any atom is -0.481 e. The molecule has 0 bridgehead atoms. The Balaban J connectivity index is 3.21. The Labute approximate surface area is 110 Å². The van der Waals surface area contributed by atoms with Gasteiger partial charge in [0.1, 0.15) is 0 Å². The molecule has 0 heterocycles. The van der Waals surface area contributed by atoms with Crippen LogP contribution in [-0.2, 0) is 15.6 Å². The normalized spacial score (nSPS) is 12.5. The Morgan fingerprint density at radius 3 is 1.67 bits per heavy atom. The zero-order valence-electron chi connectivity index (χ0n) is 12.1. The lowest BCUT2D eigenvalue weighted by Gasteiger charge is -2.28. The fraction of sp³-hybridized carbons (Fsp3) is 0.562. The largest absolute Gasteiger partial charge is 0.481 e. The molecule has 0 fully saturated rings. The lowest BCUT2D eigenvalue weighted by atomic mass is 9.75. The molecule has 1 aromatic rings. The molecule has 2 nitrogen and oxygen atoms in total. The Morgan fingerprint density at radius 1 is 1.00 bits per heavy atom. The molecule has 0 amide bonds. The maximum atomic E-state index is 11.6. The minimum absolute atomic E-state index is 0.100. The van der Waals surface area contributed by atoms with Gasteiger partial charge in [-0.25, -0.2) is 0 Å². The monoisotopic (exact) mass is 248 g/mol. The molecule has 0 unspecified atom stereocenters. The first-order valence-corrected chi connectivity index (χ1v) is 6.62. The maximum Gasteiger partial charge on any atom is 0.314 e. The van der Waals surface area contributed by atoms with Gasteiger partial charge in [0, 0.05) is 0 Å².